The third-order valence-corrected chi connectivity index (χ3v) is 3.82. The first-order chi connectivity index (χ1) is 9.59. The average molecular weight is 340 g/mol. The van der Waals surface area contributed by atoms with E-state index in [0.717, 1.165) is 13.0 Å². The van der Waals surface area contributed by atoms with Gasteiger partial charge in [0.25, 0.3) is 5.69 Å². The molecule has 0 saturated heterocycles. The number of rotatable bonds is 6. The zero-order chi connectivity index (χ0) is 14.5. The first kappa shape index (κ1) is 14.4. The molecule has 0 aliphatic rings. The lowest BCUT2D eigenvalue weighted by Crippen LogP contribution is -2.09. The normalized spacial score (nSPS) is 10.5. The summed E-state index contributed by atoms with van der Waals surface area (Å²) in [5.74, 6) is 0.619. The number of anilines is 1. The van der Waals surface area contributed by atoms with Gasteiger partial charge in [-0.3, -0.25) is 14.8 Å². The van der Waals surface area contributed by atoms with Crippen molar-refractivity contribution < 1.29 is 4.92 Å². The van der Waals surface area contributed by atoms with Gasteiger partial charge in [0.15, 0.2) is 0 Å². The third kappa shape index (κ3) is 3.32. The van der Waals surface area contributed by atoms with E-state index in [1.54, 1.807) is 13.1 Å². The molecule has 7 nitrogen and oxygen atoms in total. The van der Waals surface area contributed by atoms with Gasteiger partial charge >= 0.3 is 0 Å². The van der Waals surface area contributed by atoms with Crippen molar-refractivity contribution in [3.8, 4) is 0 Å². The highest BCUT2D eigenvalue weighted by Gasteiger charge is 2.16. The lowest BCUT2D eigenvalue weighted by Gasteiger charge is -2.09. The molecule has 0 unspecified atom stereocenters. The summed E-state index contributed by atoms with van der Waals surface area (Å²) in [6.07, 6.45) is 5.80. The third-order valence-electron chi connectivity index (χ3n) is 2.85. The van der Waals surface area contributed by atoms with Gasteiger partial charge in [-0.05, 0) is 35.3 Å². The van der Waals surface area contributed by atoms with Crippen molar-refractivity contribution in [3.05, 3.63) is 44.8 Å². The molecule has 0 fully saturated rings. The van der Waals surface area contributed by atoms with Crippen LogP contribution in [0.3, 0.4) is 0 Å². The Morgan fingerprint density at radius 2 is 2.35 bits per heavy atom. The number of hydrogen-bond donors (Lipinski definition) is 1. The highest BCUT2D eigenvalue weighted by atomic mass is 79.9. The number of pyridine rings is 1. The smallest absolute Gasteiger partial charge is 0.291 e. The quantitative estimate of drug-likeness (QED) is 0.496. The van der Waals surface area contributed by atoms with Crippen LogP contribution in [0.1, 0.15) is 12.0 Å². The maximum Gasteiger partial charge on any atom is 0.291 e. The molecular formula is C12H14BrN5O2. The fraction of sp³-hybridized carbons (Fsp3) is 0.333. The summed E-state index contributed by atoms with van der Waals surface area (Å²) in [6.45, 7) is 3.21. The average Bonchev–Trinajstić information content (AvgIpc) is 2.92. The molecule has 0 radical (unpaired) electrons. The SMILES string of the molecule is Cc1c([N+](=O)[O-])cnc(NCCCn2cccn2)c1Br. The van der Waals surface area contributed by atoms with E-state index in [9.17, 15) is 10.1 Å². The van der Waals surface area contributed by atoms with E-state index < -0.39 is 4.92 Å². The molecule has 20 heavy (non-hydrogen) atoms. The summed E-state index contributed by atoms with van der Waals surface area (Å²) < 4.78 is 2.48. The van der Waals surface area contributed by atoms with E-state index in [1.165, 1.54) is 6.20 Å². The largest absolute Gasteiger partial charge is 0.369 e. The number of aromatic nitrogens is 3. The number of hydrogen-bond acceptors (Lipinski definition) is 5. The monoisotopic (exact) mass is 339 g/mol. The molecule has 0 atom stereocenters. The molecule has 0 aromatic carbocycles. The van der Waals surface area contributed by atoms with E-state index in [2.05, 4.69) is 31.3 Å². The maximum absolute atomic E-state index is 10.8. The molecule has 0 bridgehead atoms. The summed E-state index contributed by atoms with van der Waals surface area (Å²) >= 11 is 3.34. The Hall–Kier alpha value is -1.96. The second-order valence-corrected chi connectivity index (χ2v) is 5.03. The lowest BCUT2D eigenvalue weighted by atomic mass is 10.2. The molecule has 2 rings (SSSR count). The molecular weight excluding hydrogens is 326 g/mol. The molecule has 0 aliphatic carbocycles. The van der Waals surface area contributed by atoms with Gasteiger partial charge in [0.05, 0.1) is 9.40 Å². The number of nitrogens with zero attached hydrogens (tertiary/aromatic N) is 4. The fourth-order valence-corrected chi connectivity index (χ4v) is 2.20. The minimum absolute atomic E-state index is 0.0129. The van der Waals surface area contributed by atoms with Crippen LogP contribution in [0, 0.1) is 17.0 Å². The summed E-state index contributed by atoms with van der Waals surface area (Å²) in [4.78, 5) is 14.4. The van der Waals surface area contributed by atoms with Crippen molar-refractivity contribution in [2.45, 2.75) is 19.9 Å². The second kappa shape index (κ2) is 6.47. The minimum atomic E-state index is -0.436. The molecule has 2 heterocycles. The van der Waals surface area contributed by atoms with Crippen LogP contribution in [0.5, 0.6) is 0 Å². The van der Waals surface area contributed by atoms with Crippen molar-refractivity contribution in [2.75, 3.05) is 11.9 Å². The van der Waals surface area contributed by atoms with Crippen molar-refractivity contribution in [1.29, 1.82) is 0 Å². The Labute approximate surface area is 124 Å². The number of aryl methyl sites for hydroxylation is 1. The molecule has 1 N–H and O–H groups in total. The van der Waals surface area contributed by atoms with Gasteiger partial charge in [-0.15, -0.1) is 0 Å². The number of nitrogens with one attached hydrogen (secondary N) is 1. The first-order valence-corrected chi connectivity index (χ1v) is 6.89. The van der Waals surface area contributed by atoms with E-state index in [4.69, 9.17) is 0 Å². The molecule has 0 aliphatic heterocycles. The fourth-order valence-electron chi connectivity index (χ4n) is 1.76. The zero-order valence-electron chi connectivity index (χ0n) is 10.9. The Kier molecular flexibility index (Phi) is 4.67. The lowest BCUT2D eigenvalue weighted by molar-refractivity contribution is -0.385. The summed E-state index contributed by atoms with van der Waals surface area (Å²) in [7, 11) is 0. The van der Waals surface area contributed by atoms with Crippen LogP contribution in [-0.4, -0.2) is 26.2 Å². The Morgan fingerprint density at radius 3 is 3.00 bits per heavy atom. The second-order valence-electron chi connectivity index (χ2n) is 4.24. The Bertz CT molecular complexity index is 600. The molecule has 2 aromatic heterocycles. The van der Waals surface area contributed by atoms with Crippen molar-refractivity contribution >= 4 is 27.4 Å². The summed E-state index contributed by atoms with van der Waals surface area (Å²) in [5.41, 5.74) is 0.582. The van der Waals surface area contributed by atoms with Crippen LogP contribution >= 0.6 is 15.9 Å². The van der Waals surface area contributed by atoms with Gasteiger partial charge in [0.1, 0.15) is 12.0 Å². The molecule has 8 heteroatoms. The molecule has 2 aromatic rings. The van der Waals surface area contributed by atoms with Crippen molar-refractivity contribution in [2.24, 2.45) is 0 Å². The van der Waals surface area contributed by atoms with Gasteiger partial charge in [0.2, 0.25) is 0 Å². The van der Waals surface area contributed by atoms with Crippen LogP contribution in [0.25, 0.3) is 0 Å². The van der Waals surface area contributed by atoms with Gasteiger partial charge in [-0.1, -0.05) is 0 Å². The van der Waals surface area contributed by atoms with Crippen LogP contribution in [0.4, 0.5) is 11.5 Å². The van der Waals surface area contributed by atoms with E-state index in [-0.39, 0.29) is 5.69 Å². The summed E-state index contributed by atoms with van der Waals surface area (Å²) in [5, 5.41) is 18.1. The van der Waals surface area contributed by atoms with Crippen LogP contribution < -0.4 is 5.32 Å². The van der Waals surface area contributed by atoms with Crippen LogP contribution in [0.2, 0.25) is 0 Å². The predicted molar refractivity (Wildman–Crippen MR) is 78.7 cm³/mol. The molecule has 106 valence electrons. The number of halogens is 1. The highest BCUT2D eigenvalue weighted by Crippen LogP contribution is 2.30. The molecule has 0 saturated carbocycles. The maximum atomic E-state index is 10.8. The topological polar surface area (TPSA) is 85.9 Å². The zero-order valence-corrected chi connectivity index (χ0v) is 12.5. The van der Waals surface area contributed by atoms with E-state index in [1.807, 2.05) is 16.9 Å². The highest BCUT2D eigenvalue weighted by molar-refractivity contribution is 9.10. The molecule has 0 amide bonds. The Balaban J connectivity index is 1.93. The number of nitro groups is 1. The van der Waals surface area contributed by atoms with Crippen molar-refractivity contribution in [1.82, 2.24) is 14.8 Å². The van der Waals surface area contributed by atoms with Gasteiger partial charge in [-0.25, -0.2) is 4.98 Å². The van der Waals surface area contributed by atoms with E-state index >= 15 is 0 Å². The van der Waals surface area contributed by atoms with Crippen LogP contribution in [-0.2, 0) is 6.54 Å². The Morgan fingerprint density at radius 1 is 1.55 bits per heavy atom. The summed E-state index contributed by atoms with van der Waals surface area (Å²) in [6, 6.07) is 1.88. The molecule has 0 spiro atoms. The van der Waals surface area contributed by atoms with Gasteiger partial charge in [0, 0.05) is 31.0 Å². The standard InChI is InChI=1S/C12H14BrN5O2/c1-9-10(18(19)20)8-15-12(11(9)13)14-4-2-6-17-7-3-5-16-17/h3,5,7-8H,2,4,6H2,1H3,(H,14,15). The minimum Gasteiger partial charge on any atom is -0.369 e. The van der Waals surface area contributed by atoms with Crippen LogP contribution in [0.15, 0.2) is 29.1 Å². The van der Waals surface area contributed by atoms with Crippen molar-refractivity contribution in [3.63, 3.8) is 0 Å². The first-order valence-electron chi connectivity index (χ1n) is 6.10. The van der Waals surface area contributed by atoms with Gasteiger partial charge in [-0.2, -0.15) is 5.10 Å². The van der Waals surface area contributed by atoms with E-state index in [0.29, 0.717) is 22.4 Å². The predicted octanol–water partition coefficient (Wildman–Crippen LogP) is 2.76. The van der Waals surface area contributed by atoms with Gasteiger partial charge < -0.3 is 5.32 Å².